The SMILES string of the molecule is CCOC(=O)CSCc1cc2c(cc1N)OCCO2. The highest BCUT2D eigenvalue weighted by Crippen LogP contribution is 2.35. The molecule has 104 valence electrons. The van der Waals surface area contributed by atoms with E-state index in [9.17, 15) is 4.79 Å². The number of nitrogen functional groups attached to an aromatic ring is 1. The first kappa shape index (κ1) is 13.9. The van der Waals surface area contributed by atoms with E-state index in [4.69, 9.17) is 19.9 Å². The second-order valence-corrected chi connectivity index (χ2v) is 4.98. The minimum absolute atomic E-state index is 0.205. The van der Waals surface area contributed by atoms with Crippen molar-refractivity contribution in [3.8, 4) is 11.5 Å². The van der Waals surface area contributed by atoms with Crippen LogP contribution in [0.15, 0.2) is 12.1 Å². The summed E-state index contributed by atoms with van der Waals surface area (Å²) in [6.45, 7) is 3.29. The Kier molecular flexibility index (Phi) is 4.79. The van der Waals surface area contributed by atoms with Gasteiger partial charge in [0.25, 0.3) is 0 Å². The van der Waals surface area contributed by atoms with E-state index in [1.165, 1.54) is 11.8 Å². The number of benzene rings is 1. The lowest BCUT2D eigenvalue weighted by Gasteiger charge is -2.20. The molecule has 19 heavy (non-hydrogen) atoms. The molecule has 0 saturated heterocycles. The van der Waals surface area contributed by atoms with Crippen molar-refractivity contribution in [3.63, 3.8) is 0 Å². The van der Waals surface area contributed by atoms with E-state index in [0.717, 1.165) is 5.56 Å². The highest BCUT2D eigenvalue weighted by molar-refractivity contribution is 7.99. The first-order valence-corrected chi connectivity index (χ1v) is 7.27. The highest BCUT2D eigenvalue weighted by atomic mass is 32.2. The molecule has 2 rings (SSSR count). The Morgan fingerprint density at radius 3 is 2.74 bits per heavy atom. The Bertz CT molecular complexity index is 464. The standard InChI is InChI=1S/C13H17NO4S/c1-2-16-13(15)8-19-7-9-5-11-12(6-10(9)14)18-4-3-17-11/h5-6H,2-4,7-8,14H2,1H3. The van der Waals surface area contributed by atoms with Crippen LogP contribution in [0.25, 0.3) is 0 Å². The molecule has 0 atom stereocenters. The predicted molar refractivity (Wildman–Crippen MR) is 74.6 cm³/mol. The number of anilines is 1. The molecule has 0 radical (unpaired) electrons. The van der Waals surface area contributed by atoms with Gasteiger partial charge in [0, 0.05) is 17.5 Å². The summed E-state index contributed by atoms with van der Waals surface area (Å²) in [4.78, 5) is 11.2. The van der Waals surface area contributed by atoms with Crippen LogP contribution in [0.3, 0.4) is 0 Å². The van der Waals surface area contributed by atoms with Crippen molar-refractivity contribution < 1.29 is 19.0 Å². The lowest BCUT2D eigenvalue weighted by Crippen LogP contribution is -2.16. The third kappa shape index (κ3) is 3.70. The zero-order valence-corrected chi connectivity index (χ0v) is 11.6. The van der Waals surface area contributed by atoms with Gasteiger partial charge in [-0.3, -0.25) is 4.79 Å². The van der Waals surface area contributed by atoms with E-state index < -0.39 is 0 Å². The van der Waals surface area contributed by atoms with Gasteiger partial charge in [-0.1, -0.05) is 0 Å². The van der Waals surface area contributed by atoms with Crippen molar-refractivity contribution >= 4 is 23.4 Å². The first-order chi connectivity index (χ1) is 9.20. The average Bonchev–Trinajstić information content (AvgIpc) is 2.39. The Balaban J connectivity index is 1.95. The van der Waals surface area contributed by atoms with E-state index in [1.807, 2.05) is 6.07 Å². The van der Waals surface area contributed by atoms with Crippen LogP contribution in [0.2, 0.25) is 0 Å². The summed E-state index contributed by atoms with van der Waals surface area (Å²) < 4.78 is 15.8. The molecule has 0 unspecified atom stereocenters. The van der Waals surface area contributed by atoms with Gasteiger partial charge in [-0.2, -0.15) is 0 Å². The van der Waals surface area contributed by atoms with Crippen LogP contribution in [-0.2, 0) is 15.3 Å². The highest BCUT2D eigenvalue weighted by Gasteiger charge is 2.14. The minimum Gasteiger partial charge on any atom is -0.486 e. The van der Waals surface area contributed by atoms with Crippen molar-refractivity contribution in [3.05, 3.63) is 17.7 Å². The molecule has 1 heterocycles. The normalized spacial score (nSPS) is 13.1. The Morgan fingerprint density at radius 2 is 2.05 bits per heavy atom. The van der Waals surface area contributed by atoms with Gasteiger partial charge in [0.2, 0.25) is 0 Å². The maximum atomic E-state index is 11.2. The molecule has 5 nitrogen and oxygen atoms in total. The van der Waals surface area contributed by atoms with Crippen molar-refractivity contribution in [2.75, 3.05) is 31.3 Å². The summed E-state index contributed by atoms with van der Waals surface area (Å²) in [5.41, 5.74) is 7.55. The first-order valence-electron chi connectivity index (χ1n) is 6.12. The van der Waals surface area contributed by atoms with Gasteiger partial charge in [0.1, 0.15) is 13.2 Å². The number of hydrogen-bond donors (Lipinski definition) is 1. The van der Waals surface area contributed by atoms with Crippen molar-refractivity contribution in [1.29, 1.82) is 0 Å². The second-order valence-electron chi connectivity index (χ2n) is 3.99. The third-order valence-corrected chi connectivity index (χ3v) is 3.54. The average molecular weight is 283 g/mol. The third-order valence-electron chi connectivity index (χ3n) is 2.59. The number of carbonyl (C=O) groups is 1. The van der Waals surface area contributed by atoms with E-state index in [1.54, 1.807) is 13.0 Å². The lowest BCUT2D eigenvalue weighted by atomic mass is 10.2. The predicted octanol–water partition coefficient (Wildman–Crippen LogP) is 1.84. The molecule has 0 amide bonds. The Labute approximate surface area is 116 Å². The summed E-state index contributed by atoms with van der Waals surface area (Å²) in [7, 11) is 0. The molecular weight excluding hydrogens is 266 g/mol. The fraction of sp³-hybridized carbons (Fsp3) is 0.462. The molecule has 0 fully saturated rings. The molecule has 1 aromatic carbocycles. The van der Waals surface area contributed by atoms with Crippen molar-refractivity contribution in [2.24, 2.45) is 0 Å². The zero-order valence-electron chi connectivity index (χ0n) is 10.8. The summed E-state index contributed by atoms with van der Waals surface area (Å²) in [5, 5.41) is 0. The zero-order chi connectivity index (χ0) is 13.7. The fourth-order valence-electron chi connectivity index (χ4n) is 1.72. The van der Waals surface area contributed by atoms with Crippen LogP contribution in [0.5, 0.6) is 11.5 Å². The molecule has 0 bridgehead atoms. The van der Waals surface area contributed by atoms with Crippen LogP contribution in [-0.4, -0.2) is 31.5 Å². The quantitative estimate of drug-likeness (QED) is 0.656. The number of carbonyl (C=O) groups excluding carboxylic acids is 1. The maximum absolute atomic E-state index is 11.2. The number of esters is 1. The Hall–Kier alpha value is -1.56. The molecule has 0 spiro atoms. The number of nitrogens with two attached hydrogens (primary N) is 1. The molecule has 0 aromatic heterocycles. The van der Waals surface area contributed by atoms with Crippen LogP contribution >= 0.6 is 11.8 Å². The number of hydrogen-bond acceptors (Lipinski definition) is 6. The topological polar surface area (TPSA) is 70.8 Å². The number of ether oxygens (including phenoxy) is 3. The van der Waals surface area contributed by atoms with E-state index in [2.05, 4.69) is 0 Å². The fourth-order valence-corrected chi connectivity index (χ4v) is 2.54. The largest absolute Gasteiger partial charge is 0.486 e. The summed E-state index contributed by atoms with van der Waals surface area (Å²) in [6, 6.07) is 3.65. The summed E-state index contributed by atoms with van der Waals surface area (Å²) in [6.07, 6.45) is 0. The molecular formula is C13H17NO4S. The lowest BCUT2D eigenvalue weighted by molar-refractivity contribution is -0.139. The van der Waals surface area contributed by atoms with Gasteiger partial charge in [-0.05, 0) is 18.6 Å². The molecule has 1 aromatic rings. The van der Waals surface area contributed by atoms with Gasteiger partial charge in [-0.25, -0.2) is 0 Å². The second kappa shape index (κ2) is 6.56. The van der Waals surface area contributed by atoms with Gasteiger partial charge in [0.15, 0.2) is 11.5 Å². The Morgan fingerprint density at radius 1 is 1.37 bits per heavy atom. The van der Waals surface area contributed by atoms with Crippen LogP contribution < -0.4 is 15.2 Å². The summed E-state index contributed by atoms with van der Waals surface area (Å²) >= 11 is 1.47. The molecule has 0 aliphatic carbocycles. The number of thioether (sulfide) groups is 1. The van der Waals surface area contributed by atoms with Crippen LogP contribution in [0.1, 0.15) is 12.5 Å². The molecule has 1 aliphatic heterocycles. The summed E-state index contributed by atoms with van der Waals surface area (Å²) in [5.74, 6) is 2.15. The minimum atomic E-state index is -0.205. The van der Waals surface area contributed by atoms with E-state index in [0.29, 0.717) is 48.5 Å². The molecule has 6 heteroatoms. The van der Waals surface area contributed by atoms with Crippen molar-refractivity contribution in [2.45, 2.75) is 12.7 Å². The number of rotatable bonds is 5. The van der Waals surface area contributed by atoms with Gasteiger partial charge < -0.3 is 19.9 Å². The van der Waals surface area contributed by atoms with Crippen LogP contribution in [0, 0.1) is 0 Å². The van der Waals surface area contributed by atoms with Gasteiger partial charge in [0.05, 0.1) is 12.4 Å². The molecule has 2 N–H and O–H groups in total. The molecule has 1 aliphatic rings. The van der Waals surface area contributed by atoms with Gasteiger partial charge in [-0.15, -0.1) is 11.8 Å². The van der Waals surface area contributed by atoms with Crippen molar-refractivity contribution in [1.82, 2.24) is 0 Å². The smallest absolute Gasteiger partial charge is 0.315 e. The van der Waals surface area contributed by atoms with Gasteiger partial charge >= 0.3 is 5.97 Å². The number of fused-ring (bicyclic) bond motifs is 1. The van der Waals surface area contributed by atoms with E-state index >= 15 is 0 Å². The van der Waals surface area contributed by atoms with E-state index in [-0.39, 0.29) is 5.97 Å². The maximum Gasteiger partial charge on any atom is 0.315 e. The van der Waals surface area contributed by atoms with Crippen LogP contribution in [0.4, 0.5) is 5.69 Å². The monoisotopic (exact) mass is 283 g/mol. The molecule has 0 saturated carbocycles.